The van der Waals surface area contributed by atoms with Crippen LogP contribution in [-0.2, 0) is 21.5 Å². The highest BCUT2D eigenvalue weighted by Crippen LogP contribution is 2.41. The molecule has 2 aliphatic heterocycles. The van der Waals surface area contributed by atoms with Gasteiger partial charge in [0.2, 0.25) is 0 Å². The van der Waals surface area contributed by atoms with Crippen LogP contribution in [0, 0.1) is 5.41 Å². The molecule has 3 N–H and O–H groups in total. The van der Waals surface area contributed by atoms with Gasteiger partial charge >= 0.3 is 5.97 Å². The van der Waals surface area contributed by atoms with Gasteiger partial charge in [-0.3, -0.25) is 15.0 Å². The lowest BCUT2D eigenvalue weighted by Crippen LogP contribution is -2.38. The zero-order valence-corrected chi connectivity index (χ0v) is 26.2. The molecule has 2 aliphatic rings. The molecule has 2 aromatic rings. The van der Waals surface area contributed by atoms with E-state index in [1.165, 1.54) is 0 Å². The van der Waals surface area contributed by atoms with E-state index in [1.54, 1.807) is 25.1 Å². The van der Waals surface area contributed by atoms with Crippen molar-refractivity contribution in [1.82, 2.24) is 10.2 Å². The third-order valence-corrected chi connectivity index (χ3v) is 8.07. The van der Waals surface area contributed by atoms with E-state index in [-0.39, 0.29) is 42.2 Å². The molecule has 2 heterocycles. The molecule has 0 saturated carbocycles. The number of aliphatic carboxylic acids is 1. The number of hydrogen-bond donors (Lipinski definition) is 3. The first-order chi connectivity index (χ1) is 20.2. The first-order valence-corrected chi connectivity index (χ1v) is 14.5. The molecule has 0 aliphatic carbocycles. The Bertz CT molecular complexity index is 1420. The van der Waals surface area contributed by atoms with Gasteiger partial charge in [0.1, 0.15) is 18.2 Å². The number of carbonyl (C=O) groups excluding carboxylic acids is 2. The van der Waals surface area contributed by atoms with Crippen molar-refractivity contribution in [2.75, 3.05) is 64.3 Å². The number of carboxylic acid groups (broad SMARTS) is 1. The molecule has 43 heavy (non-hydrogen) atoms. The van der Waals surface area contributed by atoms with Gasteiger partial charge in [0.25, 0.3) is 5.91 Å². The molecule has 0 aromatic heterocycles. The maximum absolute atomic E-state index is 13.9. The highest BCUT2D eigenvalue weighted by Gasteiger charge is 2.32. The topological polar surface area (TPSA) is 136 Å². The second kappa shape index (κ2) is 12.6. The first-order valence-electron chi connectivity index (χ1n) is 14.5. The van der Waals surface area contributed by atoms with Gasteiger partial charge in [-0.25, -0.2) is 4.79 Å². The predicted octanol–water partition coefficient (Wildman–Crippen LogP) is 3.51. The van der Waals surface area contributed by atoms with Gasteiger partial charge in [-0.15, -0.1) is 0 Å². The molecule has 0 atom stereocenters. The van der Waals surface area contributed by atoms with Gasteiger partial charge in [0.15, 0.2) is 5.78 Å². The van der Waals surface area contributed by atoms with Gasteiger partial charge in [0, 0.05) is 63.2 Å². The van der Waals surface area contributed by atoms with E-state index in [9.17, 15) is 14.4 Å². The minimum absolute atomic E-state index is 0.0145. The van der Waals surface area contributed by atoms with Crippen LogP contribution in [0.3, 0.4) is 0 Å². The second-order valence-electron chi connectivity index (χ2n) is 12.3. The molecule has 11 heteroatoms. The summed E-state index contributed by atoms with van der Waals surface area (Å²) < 4.78 is 11.4. The minimum Gasteiger partial charge on any atom is -0.494 e. The maximum Gasteiger partial charge on any atom is 0.329 e. The molecule has 232 valence electrons. The molecule has 1 fully saturated rings. The van der Waals surface area contributed by atoms with Crippen LogP contribution in [0.1, 0.15) is 71.0 Å². The lowest BCUT2D eigenvalue weighted by Gasteiger charge is -2.36. The number of fused-ring (bicyclic) bond motifs is 1. The quantitative estimate of drug-likeness (QED) is 0.354. The van der Waals surface area contributed by atoms with E-state index >= 15 is 0 Å². The summed E-state index contributed by atoms with van der Waals surface area (Å²) in [6.45, 7) is 7.60. The Morgan fingerprint density at radius 1 is 1.12 bits per heavy atom. The van der Waals surface area contributed by atoms with E-state index in [0.29, 0.717) is 54.9 Å². The summed E-state index contributed by atoms with van der Waals surface area (Å²) in [4.78, 5) is 43.1. The van der Waals surface area contributed by atoms with Crippen molar-refractivity contribution in [2.24, 2.45) is 0 Å². The van der Waals surface area contributed by atoms with Gasteiger partial charge in [-0.1, -0.05) is 20.8 Å². The predicted molar refractivity (Wildman–Crippen MR) is 166 cm³/mol. The van der Waals surface area contributed by atoms with Crippen LogP contribution in [0.5, 0.6) is 5.75 Å². The van der Waals surface area contributed by atoms with Crippen molar-refractivity contribution in [2.45, 2.75) is 51.7 Å². The summed E-state index contributed by atoms with van der Waals surface area (Å²) in [6.07, 6.45) is 1.19. The van der Waals surface area contributed by atoms with Crippen molar-refractivity contribution >= 4 is 34.9 Å². The average Bonchev–Trinajstić information content (AvgIpc) is 3.27. The fourth-order valence-electron chi connectivity index (χ4n) is 5.76. The molecule has 11 nitrogen and oxygen atoms in total. The summed E-state index contributed by atoms with van der Waals surface area (Å²) in [7, 11) is 6.95. The van der Waals surface area contributed by atoms with Crippen LogP contribution in [-0.4, -0.2) is 94.1 Å². The largest absolute Gasteiger partial charge is 0.494 e. The van der Waals surface area contributed by atoms with E-state index in [2.05, 4.69) is 31.0 Å². The lowest BCUT2D eigenvalue weighted by atomic mass is 9.84. The van der Waals surface area contributed by atoms with Crippen LogP contribution in [0.25, 0.3) is 0 Å². The smallest absolute Gasteiger partial charge is 0.329 e. The van der Waals surface area contributed by atoms with Crippen molar-refractivity contribution in [3.05, 3.63) is 52.1 Å². The van der Waals surface area contributed by atoms with E-state index in [0.717, 1.165) is 22.5 Å². The highest BCUT2D eigenvalue weighted by molar-refractivity contribution is 6.08. The average molecular weight is 594 g/mol. The molecule has 1 amide bonds. The van der Waals surface area contributed by atoms with Gasteiger partial charge in [-0.2, -0.15) is 0 Å². The summed E-state index contributed by atoms with van der Waals surface area (Å²) in [5, 5.41) is 20.5. The van der Waals surface area contributed by atoms with Gasteiger partial charge in [0.05, 0.1) is 31.0 Å². The van der Waals surface area contributed by atoms with E-state index in [4.69, 9.17) is 20.0 Å². The zero-order chi connectivity index (χ0) is 31.6. The van der Waals surface area contributed by atoms with Crippen LogP contribution >= 0.6 is 0 Å². The third kappa shape index (κ3) is 6.77. The molecule has 0 bridgehead atoms. The number of carbonyl (C=O) groups is 3. The molecule has 0 unspecified atom stereocenters. The SMILES string of the molecule is CNC(=O)c1cc2c(cc1N(C)C)CN(CC(=O)c1cc(N3CCC(OCC(=O)O)CC3)c(OC)c(C(C)(C)C)c1)C2=N. The Labute approximate surface area is 253 Å². The molecule has 1 saturated heterocycles. The summed E-state index contributed by atoms with van der Waals surface area (Å²) in [5.41, 5.74) is 4.74. The normalized spacial score (nSPS) is 15.4. The summed E-state index contributed by atoms with van der Waals surface area (Å²) in [6, 6.07) is 7.43. The minimum atomic E-state index is -0.982. The standard InChI is InChI=1S/C32H43N5O6/c1-32(2,3)24-12-19(13-26(29(24)42-7)36-10-8-21(9-11-36)43-18-28(39)40)27(38)17-37-16-20-14-25(35(5)6)23(31(41)34-4)15-22(20)30(37)33/h12-15,21,33H,8-11,16-18H2,1-7H3,(H,34,41)(H,39,40). The van der Waals surface area contributed by atoms with Crippen LogP contribution in [0.4, 0.5) is 11.4 Å². The summed E-state index contributed by atoms with van der Waals surface area (Å²) >= 11 is 0. The number of nitrogens with one attached hydrogen (secondary N) is 2. The van der Waals surface area contributed by atoms with Crippen molar-refractivity contribution in [1.29, 1.82) is 5.41 Å². The second-order valence-corrected chi connectivity index (χ2v) is 12.3. The fourth-order valence-corrected chi connectivity index (χ4v) is 5.76. The number of anilines is 2. The molecule has 0 radical (unpaired) electrons. The Kier molecular flexibility index (Phi) is 9.34. The number of nitrogens with zero attached hydrogens (tertiary/aromatic N) is 3. The molecule has 2 aromatic carbocycles. The van der Waals surface area contributed by atoms with Gasteiger partial charge in [-0.05, 0) is 48.1 Å². The van der Waals surface area contributed by atoms with Crippen molar-refractivity contribution in [3.8, 4) is 5.75 Å². The maximum atomic E-state index is 13.9. The number of carboxylic acids is 1. The fraction of sp³-hybridized carbons (Fsp3) is 0.500. The zero-order valence-electron chi connectivity index (χ0n) is 26.2. The highest BCUT2D eigenvalue weighted by atomic mass is 16.5. The monoisotopic (exact) mass is 593 g/mol. The van der Waals surface area contributed by atoms with Gasteiger partial charge < -0.3 is 34.6 Å². The number of rotatable bonds is 10. The molecule has 4 rings (SSSR count). The number of amides is 1. The number of hydrogen-bond acceptors (Lipinski definition) is 8. The number of Topliss-reactive ketones (excluding diaryl/α,β-unsaturated/α-hetero) is 1. The first kappa shape index (κ1) is 31.8. The number of ether oxygens (including phenoxy) is 2. The molecular formula is C32H43N5O6. The molecule has 0 spiro atoms. The van der Waals surface area contributed by atoms with E-state index < -0.39 is 5.97 Å². The third-order valence-electron chi connectivity index (χ3n) is 8.07. The van der Waals surface area contributed by atoms with Crippen molar-refractivity contribution in [3.63, 3.8) is 0 Å². The number of ketones is 1. The van der Waals surface area contributed by atoms with Crippen LogP contribution in [0.2, 0.25) is 0 Å². The number of methoxy groups -OCH3 is 1. The number of amidine groups is 1. The van der Waals surface area contributed by atoms with Crippen LogP contribution < -0.4 is 19.9 Å². The van der Waals surface area contributed by atoms with Crippen molar-refractivity contribution < 1.29 is 29.0 Å². The lowest BCUT2D eigenvalue weighted by molar-refractivity contribution is -0.144. The molecular weight excluding hydrogens is 550 g/mol. The Morgan fingerprint density at radius 3 is 2.35 bits per heavy atom. The number of benzene rings is 2. The number of piperidine rings is 1. The Morgan fingerprint density at radius 2 is 1.79 bits per heavy atom. The van der Waals surface area contributed by atoms with E-state index in [1.807, 2.05) is 37.2 Å². The Hall–Kier alpha value is -4.12. The summed E-state index contributed by atoms with van der Waals surface area (Å²) in [5.74, 6) is -0.401. The van der Waals surface area contributed by atoms with Crippen LogP contribution in [0.15, 0.2) is 24.3 Å². The Balaban J connectivity index is 1.61.